The van der Waals surface area contributed by atoms with Crippen LogP contribution in [0.4, 0.5) is 0 Å². The normalized spacial score (nSPS) is 38.4. The van der Waals surface area contributed by atoms with Gasteiger partial charge in [-0.2, -0.15) is 5.06 Å². The highest BCUT2D eigenvalue weighted by Gasteiger charge is 2.87. The molecule has 5 nitrogen and oxygen atoms in total. The Hall–Kier alpha value is -0.690. The van der Waals surface area contributed by atoms with Gasteiger partial charge in [0.05, 0.1) is 12.6 Å². The van der Waals surface area contributed by atoms with Crippen LogP contribution in [0.5, 0.6) is 0 Å². The van der Waals surface area contributed by atoms with Gasteiger partial charge in [0.15, 0.2) is 5.60 Å². The summed E-state index contributed by atoms with van der Waals surface area (Å²) in [5, 5.41) is 6.33. The van der Waals surface area contributed by atoms with Gasteiger partial charge in [-0.3, -0.25) is 5.32 Å². The first kappa shape index (κ1) is 18.7. The molecule has 0 aliphatic carbocycles. The van der Waals surface area contributed by atoms with E-state index in [9.17, 15) is 0 Å². The van der Waals surface area contributed by atoms with Crippen LogP contribution in [0.15, 0.2) is 24.3 Å². The number of nitrogens with zero attached hydrogens (tertiary/aromatic N) is 1. The molecule has 1 aromatic rings. The van der Waals surface area contributed by atoms with Crippen LogP contribution in [-0.4, -0.2) is 39.9 Å². The number of ether oxygens (including phenoxy) is 2. The smallest absolute Gasteiger partial charge is 0.280 e. The summed E-state index contributed by atoms with van der Waals surface area (Å²) in [4.78, 5) is 6.56. The van der Waals surface area contributed by atoms with Crippen LogP contribution in [0.3, 0.4) is 0 Å². The highest BCUT2D eigenvalue weighted by molar-refractivity contribution is 6.30. The topological polar surface area (TPSA) is 46.3 Å². The molecule has 3 fully saturated rings. The van der Waals surface area contributed by atoms with E-state index in [1.54, 1.807) is 0 Å². The fourth-order valence-electron chi connectivity index (χ4n) is 4.42. The van der Waals surface area contributed by atoms with E-state index in [2.05, 4.69) is 53.8 Å². The minimum atomic E-state index is -1.02. The number of hydrogen-bond acceptors (Lipinski definition) is 5. The molecule has 0 radical (unpaired) electrons. The Morgan fingerprint density at radius 2 is 1.69 bits per heavy atom. The first-order chi connectivity index (χ1) is 11.8. The summed E-state index contributed by atoms with van der Waals surface area (Å²) in [6.45, 7) is 15.4. The molecule has 26 heavy (non-hydrogen) atoms. The number of benzene rings is 1. The Morgan fingerprint density at radius 3 is 2.12 bits per heavy atom. The van der Waals surface area contributed by atoms with E-state index in [-0.39, 0.29) is 17.1 Å². The first-order valence-electron chi connectivity index (χ1n) is 9.21. The third kappa shape index (κ3) is 2.42. The lowest BCUT2D eigenvalue weighted by Crippen LogP contribution is -2.59. The molecule has 0 saturated carbocycles. The fraction of sp³-hybridized carbons (Fsp3) is 0.700. The molecule has 1 N–H and O–H groups in total. The second-order valence-electron chi connectivity index (χ2n) is 9.80. The van der Waals surface area contributed by atoms with Crippen LogP contribution in [0, 0.1) is 0 Å². The molecule has 3 atom stereocenters. The molecule has 0 aromatic heterocycles. The number of halogens is 1. The van der Waals surface area contributed by atoms with E-state index in [0.29, 0.717) is 11.6 Å². The minimum absolute atomic E-state index is 0.129. The monoisotopic (exact) mass is 380 g/mol. The van der Waals surface area contributed by atoms with Crippen LogP contribution in [0.25, 0.3) is 0 Å². The second-order valence-corrected chi connectivity index (χ2v) is 10.2. The zero-order valence-electron chi connectivity index (χ0n) is 16.6. The highest BCUT2D eigenvalue weighted by atomic mass is 35.5. The Kier molecular flexibility index (Phi) is 3.75. The number of hydrogen-bond donors (Lipinski definition) is 1. The molecule has 2 spiro atoms. The van der Waals surface area contributed by atoms with Crippen LogP contribution >= 0.6 is 11.6 Å². The van der Waals surface area contributed by atoms with Crippen molar-refractivity contribution in [2.24, 2.45) is 0 Å². The third-order valence-corrected chi connectivity index (χ3v) is 5.84. The number of nitrogens with one attached hydrogen (secondary N) is 1. The van der Waals surface area contributed by atoms with E-state index in [1.165, 1.54) is 0 Å². The number of epoxide rings is 1. The molecule has 3 saturated heterocycles. The predicted molar refractivity (Wildman–Crippen MR) is 101 cm³/mol. The van der Waals surface area contributed by atoms with Crippen molar-refractivity contribution in [3.8, 4) is 0 Å². The molecule has 144 valence electrons. The average Bonchev–Trinajstić information content (AvgIpc) is 2.80. The van der Waals surface area contributed by atoms with Crippen LogP contribution in [0.1, 0.15) is 60.1 Å². The van der Waals surface area contributed by atoms with Gasteiger partial charge in [-0.05, 0) is 66.2 Å². The summed E-state index contributed by atoms with van der Waals surface area (Å²) in [5.74, 6) is -1.02. The SMILES string of the molecule is CC1(C)CO[C@@]2(N1)ON(C(C)(C)C)[C@@H](c1ccc(Cl)cc1)[C@]21OC1(C)C. The molecule has 3 aliphatic rings. The van der Waals surface area contributed by atoms with E-state index < -0.39 is 17.1 Å². The lowest BCUT2D eigenvalue weighted by Gasteiger charge is -2.35. The summed E-state index contributed by atoms with van der Waals surface area (Å²) >= 11 is 6.13. The van der Waals surface area contributed by atoms with E-state index >= 15 is 0 Å². The van der Waals surface area contributed by atoms with Gasteiger partial charge in [-0.25, -0.2) is 4.84 Å². The third-order valence-electron chi connectivity index (χ3n) is 5.59. The summed E-state index contributed by atoms with van der Waals surface area (Å²) in [6.07, 6.45) is 0. The molecular formula is C20H29ClN2O3. The Morgan fingerprint density at radius 1 is 1.12 bits per heavy atom. The van der Waals surface area contributed by atoms with Gasteiger partial charge in [-0.1, -0.05) is 23.7 Å². The number of hydroxylamine groups is 2. The molecule has 3 heterocycles. The van der Waals surface area contributed by atoms with Crippen molar-refractivity contribution in [2.45, 2.75) is 82.7 Å². The zero-order valence-corrected chi connectivity index (χ0v) is 17.4. The molecule has 4 rings (SSSR count). The van der Waals surface area contributed by atoms with Crippen LogP contribution < -0.4 is 5.32 Å². The van der Waals surface area contributed by atoms with E-state index in [4.69, 9.17) is 25.9 Å². The van der Waals surface area contributed by atoms with Crippen molar-refractivity contribution in [3.63, 3.8) is 0 Å². The first-order valence-corrected chi connectivity index (χ1v) is 9.59. The lowest BCUT2D eigenvalue weighted by atomic mass is 9.81. The van der Waals surface area contributed by atoms with Crippen molar-refractivity contribution in [2.75, 3.05) is 6.61 Å². The molecule has 6 heteroatoms. The number of fused-ring (bicyclic) bond motifs is 1. The van der Waals surface area contributed by atoms with Gasteiger partial charge in [0.2, 0.25) is 0 Å². The van der Waals surface area contributed by atoms with Gasteiger partial charge in [0, 0.05) is 16.1 Å². The molecule has 3 aliphatic heterocycles. The maximum atomic E-state index is 6.56. The summed E-state index contributed by atoms with van der Waals surface area (Å²) in [6, 6.07) is 7.80. The fourth-order valence-corrected chi connectivity index (χ4v) is 4.54. The van der Waals surface area contributed by atoms with Gasteiger partial charge < -0.3 is 9.47 Å². The van der Waals surface area contributed by atoms with Crippen LogP contribution in [-0.2, 0) is 14.3 Å². The Labute approximate surface area is 160 Å². The van der Waals surface area contributed by atoms with E-state index in [0.717, 1.165) is 5.56 Å². The van der Waals surface area contributed by atoms with E-state index in [1.807, 2.05) is 29.3 Å². The molecule has 0 unspecified atom stereocenters. The largest absolute Gasteiger partial charge is 0.353 e. The molecular weight excluding hydrogens is 352 g/mol. The second kappa shape index (κ2) is 5.22. The Balaban J connectivity index is 1.88. The molecule has 0 bridgehead atoms. The maximum absolute atomic E-state index is 6.56. The molecule has 0 amide bonds. The average molecular weight is 381 g/mol. The summed E-state index contributed by atoms with van der Waals surface area (Å²) in [5.41, 5.74) is -0.407. The van der Waals surface area contributed by atoms with Gasteiger partial charge >= 0.3 is 0 Å². The van der Waals surface area contributed by atoms with Crippen molar-refractivity contribution in [1.29, 1.82) is 0 Å². The predicted octanol–water partition coefficient (Wildman–Crippen LogP) is 4.03. The lowest BCUT2D eigenvalue weighted by molar-refractivity contribution is -0.329. The van der Waals surface area contributed by atoms with Crippen molar-refractivity contribution in [1.82, 2.24) is 10.4 Å². The molecule has 1 aromatic carbocycles. The summed E-state index contributed by atoms with van der Waals surface area (Å²) in [7, 11) is 0. The highest BCUT2D eigenvalue weighted by Crippen LogP contribution is 2.69. The zero-order chi connectivity index (χ0) is 19.2. The van der Waals surface area contributed by atoms with Crippen LogP contribution in [0.2, 0.25) is 5.02 Å². The minimum Gasteiger partial charge on any atom is -0.353 e. The quantitative estimate of drug-likeness (QED) is 0.745. The number of rotatable bonds is 1. The Bertz CT molecular complexity index is 728. The van der Waals surface area contributed by atoms with Gasteiger partial charge in [0.25, 0.3) is 5.91 Å². The van der Waals surface area contributed by atoms with Crippen molar-refractivity contribution < 1.29 is 14.3 Å². The van der Waals surface area contributed by atoms with Gasteiger partial charge in [-0.15, -0.1) is 0 Å². The maximum Gasteiger partial charge on any atom is 0.280 e. The van der Waals surface area contributed by atoms with Gasteiger partial charge in [0.1, 0.15) is 5.60 Å². The van der Waals surface area contributed by atoms with Crippen molar-refractivity contribution >= 4 is 11.6 Å². The van der Waals surface area contributed by atoms with Crippen molar-refractivity contribution in [3.05, 3.63) is 34.9 Å². The summed E-state index contributed by atoms with van der Waals surface area (Å²) < 4.78 is 12.7. The standard InChI is InChI=1S/C20H29ClN2O3/c1-16(2,3)23-15(13-8-10-14(21)11-9-13)19(18(6,7)25-19)20(26-23)22-17(4,5)12-24-20/h8-11,15,22H,12H2,1-7H3/t15-,19+,20+/m0/s1.